The topological polar surface area (TPSA) is 111 Å². The van der Waals surface area contributed by atoms with E-state index in [1.165, 1.54) is 0 Å². The second-order valence-corrected chi connectivity index (χ2v) is 9.97. The average Bonchev–Trinajstić information content (AvgIpc) is 3.66. The zero-order valence-corrected chi connectivity index (χ0v) is 19.9. The van der Waals surface area contributed by atoms with Crippen molar-refractivity contribution in [3.8, 4) is 6.01 Å². The number of rotatable bonds is 5. The van der Waals surface area contributed by atoms with E-state index < -0.39 is 18.3 Å². The van der Waals surface area contributed by atoms with Gasteiger partial charge < -0.3 is 34.4 Å². The van der Waals surface area contributed by atoms with E-state index in [0.29, 0.717) is 47.4 Å². The number of aliphatic hydroxyl groups is 1. The van der Waals surface area contributed by atoms with Crippen LogP contribution in [0.25, 0.3) is 16.7 Å². The van der Waals surface area contributed by atoms with Gasteiger partial charge in [-0.1, -0.05) is 23.7 Å². The van der Waals surface area contributed by atoms with E-state index >= 15 is 4.39 Å². The maximum absolute atomic E-state index is 15.2. The van der Waals surface area contributed by atoms with Gasteiger partial charge in [0, 0.05) is 5.56 Å². The molecule has 0 saturated carbocycles. The van der Waals surface area contributed by atoms with Gasteiger partial charge in [0.25, 0.3) is 6.01 Å². The number of ether oxygens (including phenoxy) is 4. The van der Waals surface area contributed by atoms with Crippen LogP contribution in [0, 0.1) is 5.82 Å². The number of anilines is 1. The number of aromatic nitrogens is 3. The number of hydrogen-bond acceptors (Lipinski definition) is 8. The fourth-order valence-corrected chi connectivity index (χ4v) is 5.75. The Hall–Kier alpha value is -2.76. The van der Waals surface area contributed by atoms with E-state index in [-0.39, 0.29) is 30.6 Å². The Morgan fingerprint density at radius 2 is 2.06 bits per heavy atom. The Bertz CT molecular complexity index is 1380. The summed E-state index contributed by atoms with van der Waals surface area (Å²) in [7, 11) is 0. The van der Waals surface area contributed by atoms with E-state index in [1.54, 1.807) is 12.1 Å². The van der Waals surface area contributed by atoms with Crippen LogP contribution in [-0.4, -0.2) is 70.9 Å². The quantitative estimate of drug-likeness (QED) is 0.476. The standard InChI is InChI=1S/C25H24ClFN4O5/c26-14-7-17-24(31-25(29-17)36-19-10-35-21-18(32)9-34-22(19)21)30-23(14)28-16-2-1-11-5-13(6-15(27)20(11)16)12-3-4-33-8-12/h3,5-7,16,18-19,21-22,32H,1-2,4,8-10H2,(H2,28,29,30,31)/t16-,18+,19+,21+,22+/m0/s1. The average molecular weight is 515 g/mol. The van der Waals surface area contributed by atoms with Gasteiger partial charge in [-0.25, -0.2) is 9.37 Å². The Morgan fingerprint density at radius 1 is 1.17 bits per heavy atom. The van der Waals surface area contributed by atoms with Crippen molar-refractivity contribution in [1.29, 1.82) is 0 Å². The summed E-state index contributed by atoms with van der Waals surface area (Å²) in [4.78, 5) is 12.1. The van der Waals surface area contributed by atoms with Crippen LogP contribution in [0.4, 0.5) is 10.2 Å². The zero-order valence-electron chi connectivity index (χ0n) is 19.2. The summed E-state index contributed by atoms with van der Waals surface area (Å²) in [5.41, 5.74) is 4.56. The van der Waals surface area contributed by atoms with Crippen LogP contribution >= 0.6 is 11.6 Å². The maximum atomic E-state index is 15.2. The highest BCUT2D eigenvalue weighted by Gasteiger charge is 2.48. The number of aromatic amines is 1. The van der Waals surface area contributed by atoms with E-state index in [0.717, 1.165) is 29.5 Å². The summed E-state index contributed by atoms with van der Waals surface area (Å²) in [6.45, 7) is 1.60. The fourth-order valence-electron chi connectivity index (χ4n) is 5.54. The van der Waals surface area contributed by atoms with Gasteiger partial charge in [-0.15, -0.1) is 0 Å². The maximum Gasteiger partial charge on any atom is 0.296 e. The molecule has 0 radical (unpaired) electrons. The normalized spacial score (nSPS) is 29.0. The van der Waals surface area contributed by atoms with Crippen molar-refractivity contribution in [3.05, 3.63) is 51.8 Å². The highest BCUT2D eigenvalue weighted by molar-refractivity contribution is 6.33. The summed E-state index contributed by atoms with van der Waals surface area (Å²) in [6.07, 6.45) is 1.69. The van der Waals surface area contributed by atoms with Crippen LogP contribution in [0.15, 0.2) is 24.3 Å². The van der Waals surface area contributed by atoms with E-state index in [9.17, 15) is 5.11 Å². The molecule has 0 unspecified atom stereocenters. The molecule has 2 saturated heterocycles. The molecular weight excluding hydrogens is 491 g/mol. The van der Waals surface area contributed by atoms with Gasteiger partial charge in [-0.3, -0.25) is 0 Å². The van der Waals surface area contributed by atoms with Crippen molar-refractivity contribution in [3.63, 3.8) is 0 Å². The molecule has 3 aliphatic heterocycles. The van der Waals surface area contributed by atoms with Crippen LogP contribution in [0.2, 0.25) is 5.02 Å². The molecular formula is C25H24ClFN4O5. The first-order valence-corrected chi connectivity index (χ1v) is 12.4. The van der Waals surface area contributed by atoms with Gasteiger partial charge >= 0.3 is 0 Å². The van der Waals surface area contributed by atoms with Gasteiger partial charge in [0.05, 0.1) is 43.0 Å². The largest absolute Gasteiger partial charge is 0.456 e. The summed E-state index contributed by atoms with van der Waals surface area (Å²) >= 11 is 6.53. The van der Waals surface area contributed by atoms with Gasteiger partial charge in [0.2, 0.25) is 0 Å². The molecule has 5 atom stereocenters. The highest BCUT2D eigenvalue weighted by atomic mass is 35.5. The first kappa shape index (κ1) is 22.4. The highest BCUT2D eigenvalue weighted by Crippen LogP contribution is 2.39. The molecule has 1 aliphatic carbocycles. The minimum absolute atomic E-state index is 0.222. The second kappa shape index (κ2) is 8.67. The smallest absolute Gasteiger partial charge is 0.296 e. The number of nitrogens with zero attached hydrogens (tertiary/aromatic N) is 2. The minimum Gasteiger partial charge on any atom is -0.456 e. The molecule has 0 amide bonds. The predicted molar refractivity (Wildman–Crippen MR) is 129 cm³/mol. The SMILES string of the molecule is O[C@@H]1CO[C@H]2[C@@H]1OC[C@H]2Oc1nc2nc(N[C@H]3CCc4cc(C5=CCOC5)cc(F)c43)c(Cl)cc2[nH]1. The van der Waals surface area contributed by atoms with Crippen molar-refractivity contribution in [2.45, 2.75) is 43.3 Å². The molecule has 0 bridgehead atoms. The third kappa shape index (κ3) is 3.75. The number of imidazole rings is 1. The molecule has 36 heavy (non-hydrogen) atoms. The molecule has 9 nitrogen and oxygen atoms in total. The third-order valence-electron chi connectivity index (χ3n) is 7.30. The summed E-state index contributed by atoms with van der Waals surface area (Å²) in [6, 6.07) is 5.37. The molecule has 4 aliphatic rings. The lowest BCUT2D eigenvalue weighted by molar-refractivity contribution is 0.00706. The second-order valence-electron chi connectivity index (χ2n) is 9.56. The molecule has 11 heteroatoms. The molecule has 188 valence electrons. The first-order chi connectivity index (χ1) is 17.5. The number of hydrogen-bond donors (Lipinski definition) is 3. The van der Waals surface area contributed by atoms with Crippen molar-refractivity contribution in [1.82, 2.24) is 15.0 Å². The molecule has 3 N–H and O–H groups in total. The lowest BCUT2D eigenvalue weighted by Crippen LogP contribution is -2.34. The summed E-state index contributed by atoms with van der Waals surface area (Å²) in [5, 5.41) is 13.6. The van der Waals surface area contributed by atoms with Gasteiger partial charge in [-0.2, -0.15) is 4.98 Å². The molecule has 2 fully saturated rings. The summed E-state index contributed by atoms with van der Waals surface area (Å²) in [5.74, 6) is 0.191. The van der Waals surface area contributed by atoms with Crippen molar-refractivity contribution >= 4 is 34.2 Å². The molecule has 3 aromatic rings. The van der Waals surface area contributed by atoms with Crippen LogP contribution in [0.3, 0.4) is 0 Å². The third-order valence-corrected chi connectivity index (χ3v) is 7.59. The fraction of sp³-hybridized carbons (Fsp3) is 0.440. The van der Waals surface area contributed by atoms with Crippen molar-refractivity contribution < 1.29 is 28.4 Å². The van der Waals surface area contributed by atoms with Crippen LogP contribution in [0.5, 0.6) is 6.01 Å². The Morgan fingerprint density at radius 3 is 2.92 bits per heavy atom. The first-order valence-electron chi connectivity index (χ1n) is 12.0. The lowest BCUT2D eigenvalue weighted by atomic mass is 9.99. The van der Waals surface area contributed by atoms with Crippen LogP contribution in [0.1, 0.15) is 29.2 Å². The van der Waals surface area contributed by atoms with Gasteiger partial charge in [0.1, 0.15) is 29.9 Å². The minimum atomic E-state index is -0.653. The monoisotopic (exact) mass is 514 g/mol. The number of fused-ring (bicyclic) bond motifs is 3. The van der Waals surface area contributed by atoms with Crippen molar-refractivity contribution in [2.24, 2.45) is 0 Å². The van der Waals surface area contributed by atoms with Gasteiger partial charge in [0.15, 0.2) is 11.8 Å². The molecule has 0 spiro atoms. The Balaban J connectivity index is 1.11. The molecule has 2 aromatic heterocycles. The van der Waals surface area contributed by atoms with Crippen LogP contribution < -0.4 is 10.1 Å². The number of benzene rings is 1. The summed E-state index contributed by atoms with van der Waals surface area (Å²) < 4.78 is 37.8. The predicted octanol–water partition coefficient (Wildman–Crippen LogP) is 3.17. The van der Waals surface area contributed by atoms with E-state index in [1.807, 2.05) is 6.08 Å². The van der Waals surface area contributed by atoms with Crippen LogP contribution in [-0.2, 0) is 20.6 Å². The number of pyridine rings is 1. The number of aryl methyl sites for hydroxylation is 1. The Kier molecular flexibility index (Phi) is 5.40. The lowest BCUT2D eigenvalue weighted by Gasteiger charge is -2.17. The number of nitrogens with one attached hydrogen (secondary N) is 2. The van der Waals surface area contributed by atoms with E-state index in [2.05, 4.69) is 26.3 Å². The molecule has 1 aromatic carbocycles. The number of halogens is 2. The van der Waals surface area contributed by atoms with Crippen molar-refractivity contribution in [2.75, 3.05) is 31.7 Å². The molecule has 5 heterocycles. The number of H-pyrrole nitrogens is 1. The van der Waals surface area contributed by atoms with E-state index in [4.69, 9.17) is 30.5 Å². The van der Waals surface area contributed by atoms with Gasteiger partial charge in [-0.05, 0) is 41.7 Å². The zero-order chi connectivity index (χ0) is 24.4. The number of aliphatic hydroxyl groups excluding tert-OH is 1. The Labute approximate surface area is 210 Å². The molecule has 7 rings (SSSR count).